The van der Waals surface area contributed by atoms with Gasteiger partial charge in [0.05, 0.1) is 18.8 Å². The number of carbonyl (C=O) groups is 2. The molecule has 0 atom stereocenters. The fraction of sp³-hybridized carbons (Fsp3) is 0.286. The number of nitrogens with one attached hydrogen (secondary N) is 1. The maximum absolute atomic E-state index is 14.3. The van der Waals surface area contributed by atoms with Crippen molar-refractivity contribution in [2.24, 2.45) is 0 Å². The number of ether oxygens (including phenoxy) is 1. The third kappa shape index (κ3) is 2.26. The molecule has 1 saturated heterocycles. The minimum absolute atomic E-state index is 0.00780. The van der Waals surface area contributed by atoms with Crippen LogP contribution >= 0.6 is 0 Å². The van der Waals surface area contributed by atoms with Gasteiger partial charge in [-0.25, -0.2) is 14.4 Å². The van der Waals surface area contributed by atoms with Crippen LogP contribution in [0.15, 0.2) is 12.1 Å². The van der Waals surface area contributed by atoms with Gasteiger partial charge in [-0.2, -0.15) is 5.53 Å². The first-order chi connectivity index (χ1) is 10.5. The van der Waals surface area contributed by atoms with Gasteiger partial charge in [0, 0.05) is 13.1 Å². The number of carbonyl (C=O) groups excluding carboxylic acids is 2. The summed E-state index contributed by atoms with van der Waals surface area (Å²) < 4.78 is 19.5. The molecule has 0 aromatic heterocycles. The Kier molecular flexibility index (Phi) is 3.44. The van der Waals surface area contributed by atoms with Crippen LogP contribution in [-0.2, 0) is 9.59 Å². The second-order valence-corrected chi connectivity index (χ2v) is 4.93. The van der Waals surface area contributed by atoms with Crippen LogP contribution in [0.2, 0.25) is 0 Å². The van der Waals surface area contributed by atoms with E-state index in [0.717, 1.165) is 11.1 Å². The fourth-order valence-corrected chi connectivity index (χ4v) is 2.37. The highest BCUT2D eigenvalue weighted by Gasteiger charge is 2.32. The summed E-state index contributed by atoms with van der Waals surface area (Å²) in [6.45, 7) is -0.0430. The molecule has 0 unspecified atom stereocenters. The number of halogens is 1. The second kappa shape index (κ2) is 5.29. The zero-order chi connectivity index (χ0) is 15.9. The topological polar surface area (TPSA) is 65.1 Å². The summed E-state index contributed by atoms with van der Waals surface area (Å²) >= 11 is 0. The number of nitrogens with zero attached hydrogens (tertiary/aromatic N) is 3. The molecule has 1 fully saturated rings. The van der Waals surface area contributed by atoms with E-state index >= 15 is 0 Å². The van der Waals surface area contributed by atoms with E-state index in [9.17, 15) is 14.0 Å². The number of hydrogen-bond acceptors (Lipinski definition) is 5. The average Bonchev–Trinajstić information content (AvgIpc) is 2.80. The van der Waals surface area contributed by atoms with Crippen LogP contribution in [0, 0.1) is 18.2 Å². The Bertz CT molecular complexity index is 700. The molecule has 8 heteroatoms. The van der Waals surface area contributed by atoms with E-state index in [2.05, 4.69) is 11.5 Å². The van der Waals surface area contributed by atoms with Gasteiger partial charge >= 0.3 is 0 Å². The van der Waals surface area contributed by atoms with Crippen molar-refractivity contribution >= 4 is 23.2 Å². The fourth-order valence-electron chi connectivity index (χ4n) is 2.37. The maximum atomic E-state index is 14.3. The Morgan fingerprint density at radius 3 is 2.77 bits per heavy atom. The number of hydrazine groups is 2. The first kappa shape index (κ1) is 14.3. The minimum atomic E-state index is -0.634. The SMILES string of the molecule is C#CCN1C(=O)COc2cc(F)c(N3NN(C)CC3=O)cc21. The molecule has 2 amide bonds. The lowest BCUT2D eigenvalue weighted by Gasteiger charge is -2.29. The largest absolute Gasteiger partial charge is 0.481 e. The van der Waals surface area contributed by atoms with Gasteiger partial charge in [0.1, 0.15) is 11.4 Å². The van der Waals surface area contributed by atoms with Crippen molar-refractivity contribution in [3.05, 3.63) is 17.9 Å². The van der Waals surface area contributed by atoms with Crippen LogP contribution in [0.1, 0.15) is 0 Å². The summed E-state index contributed by atoms with van der Waals surface area (Å²) in [5, 5.41) is 2.60. The predicted molar refractivity (Wildman–Crippen MR) is 76.3 cm³/mol. The number of hydrogen-bond donors (Lipinski definition) is 1. The van der Waals surface area contributed by atoms with Crippen LogP contribution < -0.4 is 20.2 Å². The molecule has 22 heavy (non-hydrogen) atoms. The molecular weight excluding hydrogens is 291 g/mol. The smallest absolute Gasteiger partial charge is 0.265 e. The molecule has 1 aromatic carbocycles. The molecule has 0 radical (unpaired) electrons. The summed E-state index contributed by atoms with van der Waals surface area (Å²) in [7, 11) is 1.66. The van der Waals surface area contributed by atoms with Crippen molar-refractivity contribution in [3.63, 3.8) is 0 Å². The Hall–Kier alpha value is -2.63. The van der Waals surface area contributed by atoms with Gasteiger partial charge in [-0.3, -0.25) is 14.5 Å². The second-order valence-electron chi connectivity index (χ2n) is 4.93. The van der Waals surface area contributed by atoms with Crippen molar-refractivity contribution in [1.82, 2.24) is 10.5 Å². The molecule has 1 N–H and O–H groups in total. The van der Waals surface area contributed by atoms with E-state index in [-0.39, 0.29) is 42.9 Å². The van der Waals surface area contributed by atoms with E-state index < -0.39 is 5.82 Å². The van der Waals surface area contributed by atoms with Gasteiger partial charge in [0.15, 0.2) is 12.4 Å². The van der Waals surface area contributed by atoms with Crippen molar-refractivity contribution in [3.8, 4) is 18.1 Å². The first-order valence-corrected chi connectivity index (χ1v) is 6.52. The Morgan fingerprint density at radius 2 is 2.14 bits per heavy atom. The number of likely N-dealkylation sites (N-methyl/N-ethyl adjacent to an activating group) is 1. The molecule has 0 aliphatic carbocycles. The highest BCUT2D eigenvalue weighted by atomic mass is 19.1. The van der Waals surface area contributed by atoms with Crippen LogP contribution in [-0.4, -0.2) is 43.6 Å². The molecule has 0 saturated carbocycles. The van der Waals surface area contributed by atoms with Gasteiger partial charge in [-0.1, -0.05) is 5.92 Å². The van der Waals surface area contributed by atoms with Crippen LogP contribution in [0.3, 0.4) is 0 Å². The highest BCUT2D eigenvalue weighted by molar-refractivity contribution is 6.01. The van der Waals surface area contributed by atoms with Crippen molar-refractivity contribution < 1.29 is 18.7 Å². The quantitative estimate of drug-likeness (QED) is 0.772. The van der Waals surface area contributed by atoms with E-state index in [4.69, 9.17) is 11.2 Å². The van der Waals surface area contributed by atoms with Gasteiger partial charge in [-0.15, -0.1) is 6.42 Å². The molecule has 3 rings (SSSR count). The van der Waals surface area contributed by atoms with Crippen molar-refractivity contribution in [2.75, 3.05) is 36.7 Å². The zero-order valence-corrected chi connectivity index (χ0v) is 11.8. The monoisotopic (exact) mass is 304 g/mol. The Labute approximate surface area is 126 Å². The number of terminal acetylenes is 1. The summed E-state index contributed by atoms with van der Waals surface area (Å²) in [6, 6.07) is 2.52. The lowest BCUT2D eigenvalue weighted by atomic mass is 10.2. The van der Waals surface area contributed by atoms with Crippen LogP contribution in [0.25, 0.3) is 0 Å². The standard InChI is InChI=1S/C14H13FN4O3/c1-3-4-18-11-6-10(19-13(20)7-17(2)16-19)9(15)5-12(11)22-8-14(18)21/h1,5-6,16H,4,7-8H2,2H3. The van der Waals surface area contributed by atoms with Crippen LogP contribution in [0.4, 0.5) is 15.8 Å². The number of anilines is 2. The summed E-state index contributed by atoms with van der Waals surface area (Å²) in [4.78, 5) is 25.1. The lowest BCUT2D eigenvalue weighted by molar-refractivity contribution is -0.121. The molecule has 2 aliphatic heterocycles. The van der Waals surface area contributed by atoms with Gasteiger partial charge in [-0.05, 0) is 6.07 Å². The number of amides is 2. The molecule has 0 spiro atoms. The minimum Gasteiger partial charge on any atom is -0.481 e. The molecule has 0 bridgehead atoms. The normalized spacial score (nSPS) is 18.2. The van der Waals surface area contributed by atoms with E-state index in [1.807, 2.05) is 0 Å². The molecule has 2 heterocycles. The van der Waals surface area contributed by atoms with E-state index in [1.54, 1.807) is 7.05 Å². The Morgan fingerprint density at radius 1 is 1.36 bits per heavy atom. The van der Waals surface area contributed by atoms with E-state index in [0.29, 0.717) is 5.69 Å². The first-order valence-electron chi connectivity index (χ1n) is 6.52. The molecule has 1 aromatic rings. The third-order valence-corrected chi connectivity index (χ3v) is 3.35. The molecular formula is C14H13FN4O3. The number of fused-ring (bicyclic) bond motifs is 1. The molecule has 2 aliphatic rings. The molecule has 7 nitrogen and oxygen atoms in total. The van der Waals surface area contributed by atoms with Crippen LogP contribution in [0.5, 0.6) is 5.75 Å². The number of benzene rings is 1. The van der Waals surface area contributed by atoms with Crippen molar-refractivity contribution in [1.29, 1.82) is 0 Å². The zero-order valence-electron chi connectivity index (χ0n) is 11.8. The lowest BCUT2D eigenvalue weighted by Crippen LogP contribution is -2.41. The van der Waals surface area contributed by atoms with Gasteiger partial charge in [0.25, 0.3) is 11.8 Å². The predicted octanol–water partition coefficient (Wildman–Crippen LogP) is -0.118. The van der Waals surface area contributed by atoms with Gasteiger partial charge < -0.3 is 4.74 Å². The highest BCUT2D eigenvalue weighted by Crippen LogP contribution is 2.37. The summed E-state index contributed by atoms with van der Waals surface area (Å²) in [6.07, 6.45) is 5.27. The maximum Gasteiger partial charge on any atom is 0.265 e. The summed E-state index contributed by atoms with van der Waals surface area (Å²) in [5.41, 5.74) is 3.07. The van der Waals surface area contributed by atoms with Gasteiger partial charge in [0.2, 0.25) is 0 Å². The summed E-state index contributed by atoms with van der Waals surface area (Å²) in [5.74, 6) is 1.33. The third-order valence-electron chi connectivity index (χ3n) is 3.35. The van der Waals surface area contributed by atoms with Crippen molar-refractivity contribution in [2.45, 2.75) is 0 Å². The van der Waals surface area contributed by atoms with E-state index in [1.165, 1.54) is 16.0 Å². The average molecular weight is 304 g/mol. The number of rotatable bonds is 2. The Balaban J connectivity index is 2.05. The molecule has 114 valence electrons.